The van der Waals surface area contributed by atoms with Crippen LogP contribution in [0, 0.1) is 13.8 Å². The van der Waals surface area contributed by atoms with Crippen LogP contribution in [-0.4, -0.2) is 19.0 Å². The molecule has 1 aliphatic heterocycles. The normalized spacial score (nSPS) is 16.3. The van der Waals surface area contributed by atoms with Crippen LogP contribution in [-0.2, 0) is 0 Å². The molecule has 1 atom stereocenters. The third-order valence-electron chi connectivity index (χ3n) is 3.42. The van der Waals surface area contributed by atoms with E-state index in [-0.39, 0.29) is 0 Å². The van der Waals surface area contributed by atoms with Crippen LogP contribution < -0.4 is 10.6 Å². The van der Waals surface area contributed by atoms with E-state index < -0.39 is 0 Å². The van der Waals surface area contributed by atoms with Gasteiger partial charge in [-0.15, -0.1) is 0 Å². The molecule has 1 aliphatic rings. The second-order valence-electron chi connectivity index (χ2n) is 4.55. The van der Waals surface area contributed by atoms with Gasteiger partial charge in [0.15, 0.2) is 5.96 Å². The third-order valence-corrected chi connectivity index (χ3v) is 3.42. The van der Waals surface area contributed by atoms with Gasteiger partial charge in [0.25, 0.3) is 0 Å². The number of aryl methyl sites for hydroxylation is 1. The molecule has 1 aromatic rings. The van der Waals surface area contributed by atoms with Crippen LogP contribution in [0.3, 0.4) is 0 Å². The lowest BCUT2D eigenvalue weighted by molar-refractivity contribution is 0.613. The van der Waals surface area contributed by atoms with E-state index in [1.165, 1.54) is 16.7 Å². The molecule has 3 heteroatoms. The van der Waals surface area contributed by atoms with Gasteiger partial charge in [-0.3, -0.25) is 4.99 Å². The van der Waals surface area contributed by atoms with Crippen molar-refractivity contribution < 1.29 is 0 Å². The average Bonchev–Trinajstić information content (AvgIpc) is 2.83. The summed E-state index contributed by atoms with van der Waals surface area (Å²) in [5.41, 5.74) is 4.11. The molecule has 3 nitrogen and oxygen atoms in total. The number of aliphatic imine (C=N–C) groups is 1. The quantitative estimate of drug-likeness (QED) is 0.837. The Morgan fingerprint density at radius 1 is 1.41 bits per heavy atom. The lowest BCUT2D eigenvalue weighted by Crippen LogP contribution is -2.36. The monoisotopic (exact) mass is 231 g/mol. The van der Waals surface area contributed by atoms with Crippen molar-refractivity contribution in [3.05, 3.63) is 34.9 Å². The first-order valence-corrected chi connectivity index (χ1v) is 6.33. The van der Waals surface area contributed by atoms with E-state index in [0.717, 1.165) is 25.5 Å². The molecule has 0 radical (unpaired) electrons. The van der Waals surface area contributed by atoms with Crippen molar-refractivity contribution in [1.29, 1.82) is 0 Å². The third kappa shape index (κ3) is 2.60. The lowest BCUT2D eigenvalue weighted by atomic mass is 9.96. The highest BCUT2D eigenvalue weighted by molar-refractivity contribution is 5.81. The predicted octanol–water partition coefficient (Wildman–Crippen LogP) is 2.30. The Morgan fingerprint density at radius 3 is 2.88 bits per heavy atom. The summed E-state index contributed by atoms with van der Waals surface area (Å²) in [5, 5.41) is 6.75. The number of rotatable bonds is 3. The van der Waals surface area contributed by atoms with Crippen molar-refractivity contribution in [3.8, 4) is 0 Å². The van der Waals surface area contributed by atoms with Gasteiger partial charge in [0.1, 0.15) is 0 Å². The fourth-order valence-corrected chi connectivity index (χ4v) is 2.21. The van der Waals surface area contributed by atoms with Crippen LogP contribution in [0.15, 0.2) is 23.2 Å². The largest absolute Gasteiger partial charge is 0.355 e. The molecule has 92 valence electrons. The van der Waals surface area contributed by atoms with Crippen molar-refractivity contribution in [2.24, 2.45) is 4.99 Å². The van der Waals surface area contributed by atoms with Crippen molar-refractivity contribution in [3.63, 3.8) is 0 Å². The first-order valence-electron chi connectivity index (χ1n) is 6.33. The van der Waals surface area contributed by atoms with Gasteiger partial charge in [-0.2, -0.15) is 0 Å². The van der Waals surface area contributed by atoms with Gasteiger partial charge in [-0.1, -0.05) is 25.1 Å². The Morgan fingerprint density at radius 2 is 2.24 bits per heavy atom. The summed E-state index contributed by atoms with van der Waals surface area (Å²) >= 11 is 0. The summed E-state index contributed by atoms with van der Waals surface area (Å²) < 4.78 is 0. The summed E-state index contributed by atoms with van der Waals surface area (Å²) in [6, 6.07) is 6.85. The standard InChI is InChI=1S/C14H21N3/c1-4-13(17-14-15-8-9-16-14)12-7-5-6-10(2)11(12)3/h5-7,13H,4,8-9H2,1-3H3,(H2,15,16,17). The van der Waals surface area contributed by atoms with Gasteiger partial charge >= 0.3 is 0 Å². The minimum Gasteiger partial charge on any atom is -0.355 e. The Hall–Kier alpha value is -1.51. The van der Waals surface area contributed by atoms with Crippen molar-refractivity contribution in [2.75, 3.05) is 13.1 Å². The van der Waals surface area contributed by atoms with E-state index in [1.54, 1.807) is 0 Å². The molecule has 2 N–H and O–H groups in total. The van der Waals surface area contributed by atoms with Gasteiger partial charge in [0.05, 0.1) is 12.6 Å². The van der Waals surface area contributed by atoms with Crippen molar-refractivity contribution in [1.82, 2.24) is 10.6 Å². The smallest absolute Gasteiger partial charge is 0.191 e. The number of guanidine groups is 1. The van der Waals surface area contributed by atoms with Gasteiger partial charge < -0.3 is 10.6 Å². The van der Waals surface area contributed by atoms with E-state index in [9.17, 15) is 0 Å². The number of hydrogen-bond donors (Lipinski definition) is 2. The van der Waals surface area contributed by atoms with Crippen molar-refractivity contribution >= 4 is 5.96 Å². The van der Waals surface area contributed by atoms with Crippen LogP contribution in [0.25, 0.3) is 0 Å². The highest BCUT2D eigenvalue weighted by atomic mass is 15.2. The van der Waals surface area contributed by atoms with Gasteiger partial charge in [-0.05, 0) is 37.0 Å². The summed E-state index contributed by atoms with van der Waals surface area (Å²) in [4.78, 5) is 4.40. The molecule has 0 saturated heterocycles. The van der Waals surface area contributed by atoms with Crippen LogP contribution in [0.4, 0.5) is 0 Å². The Kier molecular flexibility index (Phi) is 3.67. The molecular formula is C14H21N3. The maximum Gasteiger partial charge on any atom is 0.191 e. The SMILES string of the molecule is CCC(NC1=NCCN1)c1cccc(C)c1C. The molecule has 1 heterocycles. The molecule has 17 heavy (non-hydrogen) atoms. The van der Waals surface area contributed by atoms with Crippen LogP contribution in [0.5, 0.6) is 0 Å². The zero-order valence-electron chi connectivity index (χ0n) is 10.9. The molecule has 0 amide bonds. The van der Waals surface area contributed by atoms with Crippen LogP contribution >= 0.6 is 0 Å². The molecule has 0 fully saturated rings. The summed E-state index contributed by atoms with van der Waals surface area (Å²) in [6.45, 7) is 8.39. The number of nitrogens with zero attached hydrogens (tertiary/aromatic N) is 1. The molecule has 0 saturated carbocycles. The maximum atomic E-state index is 4.40. The second-order valence-corrected chi connectivity index (χ2v) is 4.55. The predicted molar refractivity (Wildman–Crippen MR) is 72.4 cm³/mol. The fourth-order valence-electron chi connectivity index (χ4n) is 2.21. The van der Waals surface area contributed by atoms with E-state index in [2.05, 4.69) is 54.6 Å². The van der Waals surface area contributed by atoms with E-state index in [0.29, 0.717) is 6.04 Å². The Bertz CT molecular complexity index is 423. The molecule has 0 spiro atoms. The summed E-state index contributed by atoms with van der Waals surface area (Å²) in [7, 11) is 0. The molecule has 0 aromatic heterocycles. The minimum absolute atomic E-state index is 0.347. The number of nitrogens with one attached hydrogen (secondary N) is 2. The molecule has 2 rings (SSSR count). The van der Waals surface area contributed by atoms with E-state index in [4.69, 9.17) is 0 Å². The lowest BCUT2D eigenvalue weighted by Gasteiger charge is -2.21. The topological polar surface area (TPSA) is 36.4 Å². The van der Waals surface area contributed by atoms with Crippen molar-refractivity contribution in [2.45, 2.75) is 33.2 Å². The molecule has 1 unspecified atom stereocenters. The molecule has 0 aliphatic carbocycles. The number of benzene rings is 1. The van der Waals surface area contributed by atoms with Gasteiger partial charge in [-0.25, -0.2) is 0 Å². The van der Waals surface area contributed by atoms with Crippen LogP contribution in [0.1, 0.15) is 36.1 Å². The highest BCUT2D eigenvalue weighted by Gasteiger charge is 2.15. The Balaban J connectivity index is 2.19. The van der Waals surface area contributed by atoms with Gasteiger partial charge in [0.2, 0.25) is 0 Å². The minimum atomic E-state index is 0.347. The molecule has 0 bridgehead atoms. The number of hydrogen-bond acceptors (Lipinski definition) is 3. The van der Waals surface area contributed by atoms with Crippen LogP contribution in [0.2, 0.25) is 0 Å². The summed E-state index contributed by atoms with van der Waals surface area (Å²) in [5.74, 6) is 0.942. The molecular weight excluding hydrogens is 210 g/mol. The van der Waals surface area contributed by atoms with E-state index in [1.807, 2.05) is 0 Å². The zero-order chi connectivity index (χ0) is 12.3. The first kappa shape index (κ1) is 12.0. The first-order chi connectivity index (χ1) is 8.22. The second kappa shape index (κ2) is 5.21. The van der Waals surface area contributed by atoms with E-state index >= 15 is 0 Å². The highest BCUT2D eigenvalue weighted by Crippen LogP contribution is 2.22. The molecule has 1 aromatic carbocycles. The Labute approximate surface area is 103 Å². The fraction of sp³-hybridized carbons (Fsp3) is 0.500. The maximum absolute atomic E-state index is 4.40. The van der Waals surface area contributed by atoms with Gasteiger partial charge in [0, 0.05) is 6.54 Å². The summed E-state index contributed by atoms with van der Waals surface area (Å²) in [6.07, 6.45) is 1.06. The zero-order valence-corrected chi connectivity index (χ0v) is 10.9. The average molecular weight is 231 g/mol.